The number of aryl methyl sites for hydroxylation is 1. The second kappa shape index (κ2) is 6.00. The Hall–Kier alpha value is -1.95. The summed E-state index contributed by atoms with van der Waals surface area (Å²) in [7, 11) is 0. The molecule has 6 heteroatoms. The van der Waals surface area contributed by atoms with Gasteiger partial charge in [0.2, 0.25) is 5.91 Å². The first-order valence-corrected chi connectivity index (χ1v) is 6.42. The molecule has 1 unspecified atom stereocenters. The van der Waals surface area contributed by atoms with Gasteiger partial charge in [0, 0.05) is 19.4 Å². The molecule has 1 aliphatic heterocycles. The van der Waals surface area contributed by atoms with Gasteiger partial charge in [0.1, 0.15) is 11.9 Å². The number of hydrogen-bond acceptors (Lipinski definition) is 3. The van der Waals surface area contributed by atoms with E-state index in [1.165, 1.54) is 17.0 Å². The lowest BCUT2D eigenvalue weighted by atomic mass is 10.1. The number of amides is 1. The van der Waals surface area contributed by atoms with Crippen molar-refractivity contribution < 1.29 is 24.2 Å². The Morgan fingerprint density at radius 1 is 1.30 bits per heavy atom. The van der Waals surface area contributed by atoms with E-state index in [0.717, 1.165) is 5.56 Å². The highest BCUT2D eigenvalue weighted by Crippen LogP contribution is 2.20. The van der Waals surface area contributed by atoms with Gasteiger partial charge >= 0.3 is 5.97 Å². The van der Waals surface area contributed by atoms with Gasteiger partial charge in [0.25, 0.3) is 0 Å². The Balaban J connectivity index is 1.94. The smallest absolute Gasteiger partial charge is 0.326 e. The molecule has 0 aromatic heterocycles. The van der Waals surface area contributed by atoms with Gasteiger partial charge in [-0.25, -0.2) is 9.18 Å². The van der Waals surface area contributed by atoms with Gasteiger partial charge in [-0.3, -0.25) is 4.79 Å². The van der Waals surface area contributed by atoms with Crippen LogP contribution < -0.4 is 0 Å². The molecule has 2 N–H and O–H groups in total. The van der Waals surface area contributed by atoms with Crippen molar-refractivity contribution in [3.63, 3.8) is 0 Å². The molecule has 2 atom stereocenters. The number of carboxylic acids is 1. The number of carbonyl (C=O) groups excluding carboxylic acids is 1. The molecule has 0 saturated carbocycles. The van der Waals surface area contributed by atoms with E-state index in [-0.39, 0.29) is 31.1 Å². The zero-order chi connectivity index (χ0) is 14.7. The summed E-state index contributed by atoms with van der Waals surface area (Å²) >= 11 is 0. The third-order valence-corrected chi connectivity index (χ3v) is 3.43. The lowest BCUT2D eigenvalue weighted by molar-refractivity contribution is -0.148. The molecule has 1 amide bonds. The topological polar surface area (TPSA) is 77.8 Å². The number of aliphatic hydroxyl groups excluding tert-OH is 1. The van der Waals surface area contributed by atoms with E-state index in [1.807, 2.05) is 0 Å². The van der Waals surface area contributed by atoms with Crippen molar-refractivity contribution in [2.45, 2.75) is 31.4 Å². The Morgan fingerprint density at radius 2 is 1.95 bits per heavy atom. The van der Waals surface area contributed by atoms with Gasteiger partial charge in [0.05, 0.1) is 6.10 Å². The summed E-state index contributed by atoms with van der Waals surface area (Å²) in [6.07, 6.45) is -0.163. The van der Waals surface area contributed by atoms with Gasteiger partial charge in [-0.05, 0) is 24.1 Å². The first kappa shape index (κ1) is 14.5. The average Bonchev–Trinajstić information content (AvgIpc) is 2.80. The summed E-state index contributed by atoms with van der Waals surface area (Å²) in [4.78, 5) is 24.3. The lowest BCUT2D eigenvalue weighted by Gasteiger charge is -2.21. The molecule has 20 heavy (non-hydrogen) atoms. The van der Waals surface area contributed by atoms with Crippen molar-refractivity contribution in [3.8, 4) is 0 Å². The molecule has 0 aliphatic carbocycles. The van der Waals surface area contributed by atoms with Gasteiger partial charge in [-0.2, -0.15) is 0 Å². The van der Waals surface area contributed by atoms with Crippen LogP contribution in [0.4, 0.5) is 4.39 Å². The number of β-amino-alcohol motifs (C(OH)–C–C–N with tert-alkyl or cyclic N) is 1. The van der Waals surface area contributed by atoms with E-state index in [0.29, 0.717) is 6.42 Å². The predicted molar refractivity (Wildman–Crippen MR) is 68.5 cm³/mol. The number of halogens is 1. The number of nitrogens with zero attached hydrogens (tertiary/aromatic N) is 1. The van der Waals surface area contributed by atoms with E-state index >= 15 is 0 Å². The minimum atomic E-state index is -1.10. The van der Waals surface area contributed by atoms with Crippen molar-refractivity contribution in [2.75, 3.05) is 6.54 Å². The van der Waals surface area contributed by atoms with Crippen molar-refractivity contribution in [2.24, 2.45) is 0 Å². The second-order valence-corrected chi connectivity index (χ2v) is 4.92. The van der Waals surface area contributed by atoms with Crippen molar-refractivity contribution >= 4 is 11.9 Å². The van der Waals surface area contributed by atoms with E-state index in [2.05, 4.69) is 0 Å². The number of hydrogen-bond donors (Lipinski definition) is 2. The van der Waals surface area contributed by atoms with Crippen LogP contribution in [-0.2, 0) is 16.0 Å². The highest BCUT2D eigenvalue weighted by atomic mass is 19.1. The first-order chi connectivity index (χ1) is 9.47. The van der Waals surface area contributed by atoms with E-state index < -0.39 is 18.1 Å². The molecule has 0 spiro atoms. The molecule has 1 fully saturated rings. The highest BCUT2D eigenvalue weighted by molar-refractivity contribution is 5.84. The molecule has 1 heterocycles. The first-order valence-electron chi connectivity index (χ1n) is 6.42. The van der Waals surface area contributed by atoms with E-state index in [4.69, 9.17) is 5.11 Å². The Bertz CT molecular complexity index is 502. The van der Waals surface area contributed by atoms with Crippen LogP contribution in [0.1, 0.15) is 18.4 Å². The summed E-state index contributed by atoms with van der Waals surface area (Å²) in [5.74, 6) is -1.75. The second-order valence-electron chi connectivity index (χ2n) is 4.92. The number of carbonyl (C=O) groups is 2. The maximum atomic E-state index is 12.7. The monoisotopic (exact) mass is 281 g/mol. The van der Waals surface area contributed by atoms with Crippen LogP contribution >= 0.6 is 0 Å². The number of aliphatic carboxylic acids is 1. The Morgan fingerprint density at radius 3 is 2.55 bits per heavy atom. The van der Waals surface area contributed by atoms with Crippen molar-refractivity contribution in [1.82, 2.24) is 4.90 Å². The fourth-order valence-electron chi connectivity index (χ4n) is 2.37. The van der Waals surface area contributed by atoms with Crippen molar-refractivity contribution in [1.29, 1.82) is 0 Å². The SMILES string of the molecule is O=C(O)[C@@H]1CC(O)CN1C(=O)CCc1ccc(F)cc1. The summed E-state index contributed by atoms with van der Waals surface area (Å²) in [6.45, 7) is 0.0548. The fraction of sp³-hybridized carbons (Fsp3) is 0.429. The lowest BCUT2D eigenvalue weighted by Crippen LogP contribution is -2.40. The molecule has 1 aromatic rings. The molecule has 5 nitrogen and oxygen atoms in total. The van der Waals surface area contributed by atoms with Gasteiger partial charge in [-0.15, -0.1) is 0 Å². The third-order valence-electron chi connectivity index (χ3n) is 3.43. The Labute approximate surface area is 115 Å². The van der Waals surface area contributed by atoms with Crippen LogP contribution in [0.3, 0.4) is 0 Å². The predicted octanol–water partition coefficient (Wildman–Crippen LogP) is 0.805. The normalized spacial score (nSPS) is 22.0. The third kappa shape index (κ3) is 3.33. The van der Waals surface area contributed by atoms with Gasteiger partial charge in [0.15, 0.2) is 0 Å². The molecule has 108 valence electrons. The number of benzene rings is 1. The standard InChI is InChI=1S/C14H16FNO4/c15-10-4-1-9(2-5-10)3-6-13(18)16-8-11(17)7-12(16)14(19)20/h1-2,4-5,11-12,17H,3,6-8H2,(H,19,20)/t11?,12-/m0/s1. The van der Waals surface area contributed by atoms with Crippen LogP contribution in [0.15, 0.2) is 24.3 Å². The molecule has 0 radical (unpaired) electrons. The van der Waals surface area contributed by atoms with Gasteiger partial charge in [-0.1, -0.05) is 12.1 Å². The maximum absolute atomic E-state index is 12.7. The number of carboxylic acid groups (broad SMARTS) is 1. The van der Waals surface area contributed by atoms with Crippen LogP contribution in [0.5, 0.6) is 0 Å². The quantitative estimate of drug-likeness (QED) is 0.856. The number of likely N-dealkylation sites (tertiary alicyclic amines) is 1. The minimum Gasteiger partial charge on any atom is -0.480 e. The maximum Gasteiger partial charge on any atom is 0.326 e. The summed E-state index contributed by atoms with van der Waals surface area (Å²) in [6, 6.07) is 4.87. The molecular formula is C14H16FNO4. The zero-order valence-corrected chi connectivity index (χ0v) is 10.8. The number of rotatable bonds is 4. The number of aliphatic hydroxyl groups is 1. The fourth-order valence-corrected chi connectivity index (χ4v) is 2.37. The highest BCUT2D eigenvalue weighted by Gasteiger charge is 2.38. The Kier molecular flexibility index (Phi) is 4.34. The largest absolute Gasteiger partial charge is 0.480 e. The zero-order valence-electron chi connectivity index (χ0n) is 10.8. The molecule has 2 rings (SSSR count). The van der Waals surface area contributed by atoms with Crippen LogP contribution in [0.2, 0.25) is 0 Å². The van der Waals surface area contributed by atoms with Crippen LogP contribution in [-0.4, -0.2) is 45.7 Å². The molecule has 1 aliphatic rings. The minimum absolute atomic E-state index is 0.0548. The van der Waals surface area contributed by atoms with Gasteiger partial charge < -0.3 is 15.1 Å². The van der Waals surface area contributed by atoms with Crippen LogP contribution in [0, 0.1) is 5.82 Å². The van der Waals surface area contributed by atoms with Crippen LogP contribution in [0.25, 0.3) is 0 Å². The molecular weight excluding hydrogens is 265 g/mol. The van der Waals surface area contributed by atoms with E-state index in [1.54, 1.807) is 12.1 Å². The molecule has 1 aromatic carbocycles. The van der Waals surface area contributed by atoms with E-state index in [9.17, 15) is 19.1 Å². The van der Waals surface area contributed by atoms with Crippen molar-refractivity contribution in [3.05, 3.63) is 35.6 Å². The summed E-state index contributed by atoms with van der Waals surface area (Å²) in [5.41, 5.74) is 0.811. The summed E-state index contributed by atoms with van der Waals surface area (Å²) < 4.78 is 12.7. The molecule has 0 bridgehead atoms. The summed E-state index contributed by atoms with van der Waals surface area (Å²) in [5, 5.41) is 18.5. The average molecular weight is 281 g/mol. The molecule has 1 saturated heterocycles.